The molecule has 1 aromatic rings. The maximum Gasteiger partial charge on any atom is 0.416 e. The molecule has 0 bridgehead atoms. The molecule has 22 heavy (non-hydrogen) atoms. The van der Waals surface area contributed by atoms with E-state index in [1.807, 2.05) is 18.7 Å². The summed E-state index contributed by atoms with van der Waals surface area (Å²) in [5.41, 5.74) is -0.104. The summed E-state index contributed by atoms with van der Waals surface area (Å²) < 4.78 is 37.5. The molecule has 120 valence electrons. The number of nitrogens with zero attached hydrogens (tertiary/aromatic N) is 1. The second kappa shape index (κ2) is 6.55. The molecule has 5 heteroatoms. The van der Waals surface area contributed by atoms with Crippen molar-refractivity contribution in [1.82, 2.24) is 4.90 Å². The Balaban J connectivity index is 2.06. The zero-order chi connectivity index (χ0) is 16.3. The van der Waals surface area contributed by atoms with Gasteiger partial charge in [0.25, 0.3) is 0 Å². The van der Waals surface area contributed by atoms with E-state index in [1.165, 1.54) is 18.2 Å². The number of carbonyl (C=O) groups excluding carboxylic acids is 1. The summed E-state index contributed by atoms with van der Waals surface area (Å²) >= 11 is 0. The van der Waals surface area contributed by atoms with Gasteiger partial charge in [-0.2, -0.15) is 13.2 Å². The summed E-state index contributed by atoms with van der Waals surface area (Å²) in [6.07, 6.45) is 1.78. The van der Waals surface area contributed by atoms with Gasteiger partial charge in [0.1, 0.15) is 0 Å². The Hall–Kier alpha value is -1.78. The highest BCUT2D eigenvalue weighted by Crippen LogP contribution is 2.29. The quantitative estimate of drug-likeness (QED) is 0.736. The summed E-state index contributed by atoms with van der Waals surface area (Å²) in [5.74, 6) is -0.0837. The van der Waals surface area contributed by atoms with Crippen LogP contribution in [0.25, 0.3) is 6.08 Å². The minimum atomic E-state index is -4.34. The van der Waals surface area contributed by atoms with Crippen LogP contribution in [-0.2, 0) is 11.0 Å². The van der Waals surface area contributed by atoms with Crippen molar-refractivity contribution in [1.29, 1.82) is 0 Å². The lowest BCUT2D eigenvalue weighted by atomic mass is 9.97. The van der Waals surface area contributed by atoms with Crippen molar-refractivity contribution in [3.63, 3.8) is 0 Å². The Bertz CT molecular complexity index is 538. The molecule has 1 saturated heterocycles. The first-order valence-corrected chi connectivity index (χ1v) is 7.46. The molecule has 0 aliphatic carbocycles. The first-order valence-electron chi connectivity index (χ1n) is 7.46. The number of halogens is 3. The van der Waals surface area contributed by atoms with Crippen molar-refractivity contribution in [2.24, 2.45) is 0 Å². The highest BCUT2D eigenvalue weighted by molar-refractivity contribution is 5.92. The van der Waals surface area contributed by atoms with E-state index in [1.54, 1.807) is 6.08 Å². The van der Waals surface area contributed by atoms with Crippen LogP contribution in [0, 0.1) is 0 Å². The molecular formula is C17H20F3NO. The average molecular weight is 311 g/mol. The van der Waals surface area contributed by atoms with E-state index in [4.69, 9.17) is 0 Å². The first-order chi connectivity index (χ1) is 10.3. The van der Waals surface area contributed by atoms with Gasteiger partial charge < -0.3 is 4.90 Å². The Morgan fingerprint density at radius 2 is 1.68 bits per heavy atom. The molecule has 1 amide bonds. The van der Waals surface area contributed by atoms with Gasteiger partial charge in [0.15, 0.2) is 0 Å². The van der Waals surface area contributed by atoms with Gasteiger partial charge in [-0.15, -0.1) is 0 Å². The molecule has 0 N–H and O–H groups in total. The Kier molecular flexibility index (Phi) is 4.94. The second-order valence-corrected chi connectivity index (χ2v) is 5.83. The molecule has 1 heterocycles. The van der Waals surface area contributed by atoms with Gasteiger partial charge >= 0.3 is 6.18 Å². The Labute approximate surface area is 128 Å². The van der Waals surface area contributed by atoms with E-state index < -0.39 is 11.7 Å². The highest BCUT2D eigenvalue weighted by atomic mass is 19.4. The van der Waals surface area contributed by atoms with Crippen LogP contribution in [0.1, 0.15) is 44.2 Å². The van der Waals surface area contributed by atoms with E-state index in [2.05, 4.69) is 0 Å². The number of likely N-dealkylation sites (tertiary alicyclic amines) is 1. The molecule has 2 unspecified atom stereocenters. The van der Waals surface area contributed by atoms with Gasteiger partial charge in [-0.3, -0.25) is 4.79 Å². The number of benzene rings is 1. The van der Waals surface area contributed by atoms with Crippen LogP contribution in [-0.4, -0.2) is 22.9 Å². The minimum absolute atomic E-state index is 0.0837. The van der Waals surface area contributed by atoms with Crippen LogP contribution in [0.5, 0.6) is 0 Å². The van der Waals surface area contributed by atoms with Gasteiger partial charge in [-0.25, -0.2) is 0 Å². The predicted octanol–water partition coefficient (Wildman–Crippen LogP) is 4.51. The van der Waals surface area contributed by atoms with Crippen LogP contribution in [0.4, 0.5) is 13.2 Å². The first kappa shape index (κ1) is 16.6. The van der Waals surface area contributed by atoms with Crippen molar-refractivity contribution in [3.05, 3.63) is 41.5 Å². The van der Waals surface area contributed by atoms with Crippen molar-refractivity contribution >= 4 is 12.0 Å². The lowest BCUT2D eigenvalue weighted by molar-refractivity contribution is -0.137. The summed E-state index contributed by atoms with van der Waals surface area (Å²) in [7, 11) is 0. The van der Waals surface area contributed by atoms with Crippen molar-refractivity contribution in [2.75, 3.05) is 0 Å². The van der Waals surface area contributed by atoms with Crippen LogP contribution in [0.2, 0.25) is 0 Å². The third kappa shape index (κ3) is 3.90. The number of rotatable bonds is 2. The molecule has 0 aromatic heterocycles. The number of alkyl halides is 3. The van der Waals surface area contributed by atoms with E-state index in [9.17, 15) is 18.0 Å². The molecule has 1 aliphatic rings. The molecule has 2 atom stereocenters. The van der Waals surface area contributed by atoms with Crippen LogP contribution >= 0.6 is 0 Å². The minimum Gasteiger partial charge on any atom is -0.334 e. The van der Waals surface area contributed by atoms with Crippen LogP contribution < -0.4 is 0 Å². The summed E-state index contributed by atoms with van der Waals surface area (Å²) in [6, 6.07) is 5.19. The van der Waals surface area contributed by atoms with E-state index in [0.29, 0.717) is 5.56 Å². The summed E-state index contributed by atoms with van der Waals surface area (Å²) in [4.78, 5) is 14.1. The topological polar surface area (TPSA) is 20.3 Å². The second-order valence-electron chi connectivity index (χ2n) is 5.83. The molecule has 2 nitrogen and oxygen atoms in total. The fourth-order valence-corrected chi connectivity index (χ4v) is 2.89. The molecule has 0 spiro atoms. The highest BCUT2D eigenvalue weighted by Gasteiger charge is 2.30. The van der Waals surface area contributed by atoms with E-state index in [-0.39, 0.29) is 18.0 Å². The zero-order valence-electron chi connectivity index (χ0n) is 12.7. The molecule has 0 saturated carbocycles. The lowest BCUT2D eigenvalue weighted by Gasteiger charge is -2.38. The predicted molar refractivity (Wildman–Crippen MR) is 80.1 cm³/mol. The molecule has 2 rings (SSSR count). The van der Waals surface area contributed by atoms with E-state index >= 15 is 0 Å². The molecular weight excluding hydrogens is 291 g/mol. The standard InChI is InChI=1S/C17H20F3NO/c1-12-4-3-5-13(2)21(12)16(22)11-8-14-6-9-15(10-7-14)17(18,19)20/h6-13H,3-5H2,1-2H3/b11-8+. The fraction of sp³-hybridized carbons (Fsp3) is 0.471. The van der Waals surface area contributed by atoms with Crippen LogP contribution in [0.15, 0.2) is 30.3 Å². The van der Waals surface area contributed by atoms with Crippen molar-refractivity contribution in [3.8, 4) is 0 Å². The number of hydrogen-bond donors (Lipinski definition) is 0. The van der Waals surface area contributed by atoms with Gasteiger partial charge in [0.05, 0.1) is 5.56 Å². The number of hydrogen-bond acceptors (Lipinski definition) is 1. The number of amides is 1. The van der Waals surface area contributed by atoms with Crippen molar-refractivity contribution < 1.29 is 18.0 Å². The molecule has 0 radical (unpaired) electrons. The number of piperidine rings is 1. The maximum absolute atomic E-state index is 12.5. The maximum atomic E-state index is 12.5. The number of carbonyl (C=O) groups is 1. The zero-order valence-corrected chi connectivity index (χ0v) is 12.7. The largest absolute Gasteiger partial charge is 0.416 e. The van der Waals surface area contributed by atoms with Crippen molar-refractivity contribution in [2.45, 2.75) is 51.4 Å². The smallest absolute Gasteiger partial charge is 0.334 e. The van der Waals surface area contributed by atoms with Gasteiger partial charge in [-0.1, -0.05) is 12.1 Å². The normalized spacial score (nSPS) is 23.0. The summed E-state index contributed by atoms with van der Waals surface area (Å²) in [6.45, 7) is 4.05. The molecule has 1 aliphatic heterocycles. The monoisotopic (exact) mass is 311 g/mol. The Morgan fingerprint density at radius 1 is 1.14 bits per heavy atom. The Morgan fingerprint density at radius 3 is 2.18 bits per heavy atom. The fourth-order valence-electron chi connectivity index (χ4n) is 2.89. The third-order valence-electron chi connectivity index (χ3n) is 4.10. The van der Waals surface area contributed by atoms with Gasteiger partial charge in [0.2, 0.25) is 5.91 Å². The van der Waals surface area contributed by atoms with Gasteiger partial charge in [0, 0.05) is 18.2 Å². The summed E-state index contributed by atoms with van der Waals surface area (Å²) in [5, 5.41) is 0. The molecule has 1 aromatic carbocycles. The van der Waals surface area contributed by atoms with Crippen LogP contribution in [0.3, 0.4) is 0 Å². The van der Waals surface area contributed by atoms with Gasteiger partial charge in [-0.05, 0) is 56.9 Å². The SMILES string of the molecule is CC1CCCC(C)N1C(=O)/C=C/c1ccc(C(F)(F)F)cc1. The van der Waals surface area contributed by atoms with E-state index in [0.717, 1.165) is 31.4 Å². The molecule has 1 fully saturated rings. The third-order valence-corrected chi connectivity index (χ3v) is 4.10. The lowest BCUT2D eigenvalue weighted by Crippen LogP contribution is -2.46. The average Bonchev–Trinajstić information content (AvgIpc) is 2.44.